The van der Waals surface area contributed by atoms with E-state index in [0.29, 0.717) is 35.9 Å². The molecule has 3 aliphatic carbocycles. The van der Waals surface area contributed by atoms with Gasteiger partial charge in [-0.1, -0.05) is 0 Å². The fraction of sp³-hybridized carbons (Fsp3) is 0.579. The zero-order chi connectivity index (χ0) is 19.5. The van der Waals surface area contributed by atoms with Crippen molar-refractivity contribution in [3.63, 3.8) is 0 Å². The van der Waals surface area contributed by atoms with Crippen molar-refractivity contribution in [2.24, 2.45) is 11.8 Å². The van der Waals surface area contributed by atoms with Gasteiger partial charge in [0, 0.05) is 23.8 Å². The molecule has 5 rings (SSSR count). The van der Waals surface area contributed by atoms with Crippen LogP contribution in [-0.2, 0) is 22.4 Å². The third-order valence-electron chi connectivity index (χ3n) is 6.02. The topological polar surface area (TPSA) is 116 Å². The maximum absolute atomic E-state index is 13.0. The van der Waals surface area contributed by atoms with Crippen LogP contribution in [0.1, 0.15) is 52.9 Å². The summed E-state index contributed by atoms with van der Waals surface area (Å²) in [7, 11) is 0. The van der Waals surface area contributed by atoms with Gasteiger partial charge in [0.2, 0.25) is 5.91 Å². The van der Waals surface area contributed by atoms with E-state index in [-0.39, 0.29) is 30.1 Å². The first-order valence-corrected chi connectivity index (χ1v) is 10.6. The lowest BCUT2D eigenvalue weighted by molar-refractivity contribution is -0.124. The monoisotopic (exact) mass is 402 g/mol. The van der Waals surface area contributed by atoms with Crippen molar-refractivity contribution in [2.75, 3.05) is 11.9 Å². The molecule has 1 atom stereocenters. The molecule has 0 aromatic carbocycles. The summed E-state index contributed by atoms with van der Waals surface area (Å²) in [5.41, 5.74) is 0.227. The van der Waals surface area contributed by atoms with E-state index < -0.39 is 11.6 Å². The predicted molar refractivity (Wildman–Crippen MR) is 102 cm³/mol. The number of urea groups is 1. The predicted octanol–water partition coefficient (Wildman–Crippen LogP) is 1.30. The van der Waals surface area contributed by atoms with Crippen LogP contribution in [0.4, 0.5) is 9.80 Å². The molecular weight excluding hydrogens is 380 g/mol. The van der Waals surface area contributed by atoms with Gasteiger partial charge in [-0.05, 0) is 50.0 Å². The molecule has 1 aromatic heterocycles. The molecule has 3 fully saturated rings. The highest BCUT2D eigenvalue weighted by Crippen LogP contribution is 2.43. The van der Waals surface area contributed by atoms with E-state index in [1.54, 1.807) is 0 Å². The van der Waals surface area contributed by atoms with E-state index in [4.69, 9.17) is 0 Å². The Bertz CT molecular complexity index is 902. The van der Waals surface area contributed by atoms with Crippen molar-refractivity contribution < 1.29 is 19.2 Å². The van der Waals surface area contributed by atoms with E-state index in [1.165, 1.54) is 11.3 Å². The molecule has 2 saturated carbocycles. The summed E-state index contributed by atoms with van der Waals surface area (Å²) in [6.45, 7) is 0.627. The number of fused-ring (bicyclic) bond motifs is 1. The average molecular weight is 402 g/mol. The molecule has 8 nitrogen and oxygen atoms in total. The molecule has 4 aliphatic rings. The van der Waals surface area contributed by atoms with Gasteiger partial charge in [-0.3, -0.25) is 19.7 Å². The van der Waals surface area contributed by atoms with Crippen molar-refractivity contribution in [3.05, 3.63) is 16.0 Å². The van der Waals surface area contributed by atoms with Crippen LogP contribution in [0.25, 0.3) is 0 Å². The number of nitrogens with one attached hydrogen (secondary N) is 4. The summed E-state index contributed by atoms with van der Waals surface area (Å²) in [6, 6.07) is -0.495. The van der Waals surface area contributed by atoms with Gasteiger partial charge in [0.1, 0.15) is 10.5 Å². The van der Waals surface area contributed by atoms with Crippen molar-refractivity contribution in [3.8, 4) is 0 Å². The first-order chi connectivity index (χ1) is 13.4. The first kappa shape index (κ1) is 17.7. The zero-order valence-electron chi connectivity index (χ0n) is 15.4. The molecule has 0 bridgehead atoms. The molecule has 4 N–H and O–H groups in total. The summed E-state index contributed by atoms with van der Waals surface area (Å²) in [6.07, 6.45) is 5.35. The van der Waals surface area contributed by atoms with E-state index in [2.05, 4.69) is 21.3 Å². The van der Waals surface area contributed by atoms with Gasteiger partial charge < -0.3 is 16.0 Å². The molecule has 1 aliphatic heterocycles. The second-order valence-corrected chi connectivity index (χ2v) is 9.40. The minimum Gasteiger partial charge on any atom is -0.352 e. The summed E-state index contributed by atoms with van der Waals surface area (Å²) >= 11 is 1.42. The Morgan fingerprint density at radius 2 is 1.96 bits per heavy atom. The number of amides is 5. The normalized spacial score (nSPS) is 25.9. The van der Waals surface area contributed by atoms with Crippen LogP contribution in [-0.4, -0.2) is 35.8 Å². The highest BCUT2D eigenvalue weighted by molar-refractivity contribution is 7.17. The van der Waals surface area contributed by atoms with Crippen LogP contribution in [0.15, 0.2) is 0 Å². The average Bonchev–Trinajstić information content (AvgIpc) is 3.56. The lowest BCUT2D eigenvalue weighted by Gasteiger charge is -2.30. The van der Waals surface area contributed by atoms with Crippen molar-refractivity contribution in [2.45, 2.75) is 50.5 Å². The summed E-state index contributed by atoms with van der Waals surface area (Å²) in [5, 5.41) is 11.6. The molecule has 9 heteroatoms. The third kappa shape index (κ3) is 3.07. The third-order valence-corrected chi connectivity index (χ3v) is 7.23. The van der Waals surface area contributed by atoms with E-state index in [0.717, 1.165) is 36.1 Å². The van der Waals surface area contributed by atoms with Crippen LogP contribution in [0.2, 0.25) is 0 Å². The molecule has 2 heterocycles. The van der Waals surface area contributed by atoms with Gasteiger partial charge in [0.05, 0.1) is 5.56 Å². The number of thiophene rings is 1. The number of anilines is 1. The first-order valence-electron chi connectivity index (χ1n) is 9.82. The Balaban J connectivity index is 1.47. The van der Waals surface area contributed by atoms with Gasteiger partial charge in [0.25, 0.3) is 11.8 Å². The molecule has 1 aromatic rings. The standard InChI is InChI=1S/C19H22N4O4S/c24-14(10-3-4-10)21-16-13(15(25)20-8-9-1-2-9)11-7-19(6-5-12(11)28-16)17(26)22-18(27)23-19/h9-10H,1-8H2,(H,20,25)(H,21,24)(H2,22,23,26,27). The molecule has 0 radical (unpaired) electrons. The maximum Gasteiger partial charge on any atom is 0.322 e. The Morgan fingerprint density at radius 3 is 2.61 bits per heavy atom. The van der Waals surface area contributed by atoms with Gasteiger partial charge >= 0.3 is 6.03 Å². The number of carbonyl (C=O) groups is 4. The number of imide groups is 1. The number of rotatable bonds is 5. The maximum atomic E-state index is 13.0. The minimum absolute atomic E-state index is 0.0349. The fourth-order valence-electron chi connectivity index (χ4n) is 3.98. The Morgan fingerprint density at radius 1 is 1.18 bits per heavy atom. The summed E-state index contributed by atoms with van der Waals surface area (Å²) in [5.74, 6) is -0.0297. The summed E-state index contributed by atoms with van der Waals surface area (Å²) in [4.78, 5) is 50.4. The van der Waals surface area contributed by atoms with Crippen LogP contribution >= 0.6 is 11.3 Å². The van der Waals surface area contributed by atoms with Crippen LogP contribution in [0, 0.1) is 11.8 Å². The SMILES string of the molecule is O=C1NC(=O)C2(CCc3sc(NC(=O)C4CC4)c(C(=O)NCC4CC4)c3C2)N1. The molecule has 1 saturated heterocycles. The van der Waals surface area contributed by atoms with Gasteiger partial charge in [-0.15, -0.1) is 11.3 Å². The number of aryl methyl sites for hydroxylation is 1. The number of hydrogen-bond donors (Lipinski definition) is 4. The van der Waals surface area contributed by atoms with Gasteiger partial charge in [-0.2, -0.15) is 0 Å². The molecule has 1 unspecified atom stereocenters. The largest absolute Gasteiger partial charge is 0.352 e. The van der Waals surface area contributed by atoms with E-state index in [1.807, 2.05) is 0 Å². The highest BCUT2D eigenvalue weighted by Gasteiger charge is 2.49. The van der Waals surface area contributed by atoms with Crippen LogP contribution < -0.4 is 21.3 Å². The Labute approximate surface area is 165 Å². The van der Waals surface area contributed by atoms with Crippen LogP contribution in [0.5, 0.6) is 0 Å². The quantitative estimate of drug-likeness (QED) is 0.556. The second kappa shape index (κ2) is 6.30. The number of hydrogen-bond acceptors (Lipinski definition) is 5. The van der Waals surface area contributed by atoms with Gasteiger partial charge in [0.15, 0.2) is 0 Å². The Hall–Kier alpha value is -2.42. The molecule has 1 spiro atoms. The fourth-order valence-corrected chi connectivity index (χ4v) is 5.20. The van der Waals surface area contributed by atoms with Gasteiger partial charge in [-0.25, -0.2) is 4.79 Å². The number of carbonyl (C=O) groups excluding carboxylic acids is 4. The molecule has 5 amide bonds. The smallest absolute Gasteiger partial charge is 0.322 e. The molecule has 148 valence electrons. The molecule has 28 heavy (non-hydrogen) atoms. The van der Waals surface area contributed by atoms with Crippen LogP contribution in [0.3, 0.4) is 0 Å². The van der Waals surface area contributed by atoms with Crippen molar-refractivity contribution in [1.29, 1.82) is 0 Å². The lowest BCUT2D eigenvalue weighted by Crippen LogP contribution is -2.51. The van der Waals surface area contributed by atoms with E-state index in [9.17, 15) is 19.2 Å². The van der Waals surface area contributed by atoms with Crippen molar-refractivity contribution >= 4 is 40.1 Å². The molecular formula is C19H22N4O4S. The highest BCUT2D eigenvalue weighted by atomic mass is 32.1. The summed E-state index contributed by atoms with van der Waals surface area (Å²) < 4.78 is 0. The Kier molecular flexibility index (Phi) is 3.97. The van der Waals surface area contributed by atoms with E-state index >= 15 is 0 Å². The second-order valence-electron chi connectivity index (χ2n) is 8.29. The minimum atomic E-state index is -1.01. The van der Waals surface area contributed by atoms with Crippen molar-refractivity contribution in [1.82, 2.24) is 16.0 Å². The zero-order valence-corrected chi connectivity index (χ0v) is 16.2. The lowest BCUT2D eigenvalue weighted by atomic mass is 9.80.